The molecule has 3 nitrogen and oxygen atoms in total. The van der Waals surface area contributed by atoms with Gasteiger partial charge in [-0.25, -0.2) is 0 Å². The fraction of sp³-hybridized carbons (Fsp3) is 0.105. The van der Waals surface area contributed by atoms with Crippen molar-refractivity contribution in [3.8, 4) is 11.5 Å². The monoisotopic (exact) mass is 370 g/mol. The third kappa shape index (κ3) is 3.54. The molecular weight excluding hydrogens is 356 g/mol. The van der Waals surface area contributed by atoms with Crippen molar-refractivity contribution in [2.75, 3.05) is 6.61 Å². The molecule has 0 N–H and O–H groups in total. The third-order valence-corrected chi connectivity index (χ3v) is 3.82. The van der Waals surface area contributed by atoms with E-state index in [1.165, 1.54) is 0 Å². The largest absolute Gasteiger partial charge is 0.489 e. The average Bonchev–Trinajstić information content (AvgIpc) is 2.83. The van der Waals surface area contributed by atoms with Gasteiger partial charge in [0, 0.05) is 10.5 Å². The highest BCUT2D eigenvalue weighted by Gasteiger charge is 2.27. The summed E-state index contributed by atoms with van der Waals surface area (Å²) in [5.74, 6) is 1.38. The molecule has 0 saturated carbocycles. The van der Waals surface area contributed by atoms with Gasteiger partial charge in [-0.1, -0.05) is 34.6 Å². The topological polar surface area (TPSA) is 35.5 Å². The average molecular weight is 371 g/mol. The van der Waals surface area contributed by atoms with E-state index in [1.807, 2.05) is 31.2 Å². The van der Waals surface area contributed by atoms with Gasteiger partial charge in [0.2, 0.25) is 5.78 Å². The zero-order valence-corrected chi connectivity index (χ0v) is 14.2. The second-order valence-electron chi connectivity index (χ2n) is 5.40. The van der Waals surface area contributed by atoms with Crippen molar-refractivity contribution in [2.24, 2.45) is 0 Å². The number of benzene rings is 2. The van der Waals surface area contributed by atoms with E-state index in [9.17, 15) is 4.79 Å². The standard InChI is InChI=1S/C19H15BrO3/c1-12(2)11-22-15-7-8-16-17(10-15)23-18(19(16)21)9-13-3-5-14(20)6-4-13/h3-10H,1,11H2,2H3/b18-9+. The molecule has 0 spiro atoms. The minimum atomic E-state index is -0.116. The Morgan fingerprint density at radius 1 is 1.26 bits per heavy atom. The summed E-state index contributed by atoms with van der Waals surface area (Å²) in [4.78, 5) is 12.4. The Labute approximate surface area is 143 Å². The first-order valence-electron chi connectivity index (χ1n) is 7.14. The predicted molar refractivity (Wildman–Crippen MR) is 93.8 cm³/mol. The molecule has 116 valence electrons. The minimum Gasteiger partial charge on any atom is -0.489 e. The lowest BCUT2D eigenvalue weighted by molar-refractivity contribution is 0.101. The van der Waals surface area contributed by atoms with Crippen LogP contribution in [0.1, 0.15) is 22.8 Å². The number of Topliss-reactive ketones (excluding diaryl/α,β-unsaturated/α-hetero) is 1. The molecule has 3 rings (SSSR count). The number of ether oxygens (including phenoxy) is 2. The molecule has 2 aromatic carbocycles. The van der Waals surface area contributed by atoms with Crippen molar-refractivity contribution >= 4 is 27.8 Å². The Morgan fingerprint density at radius 3 is 2.70 bits per heavy atom. The first-order chi connectivity index (χ1) is 11.0. The lowest BCUT2D eigenvalue weighted by Gasteiger charge is -2.06. The molecule has 0 fully saturated rings. The van der Waals surface area contributed by atoms with E-state index in [2.05, 4.69) is 22.5 Å². The summed E-state index contributed by atoms with van der Waals surface area (Å²) in [7, 11) is 0. The van der Waals surface area contributed by atoms with Crippen LogP contribution >= 0.6 is 15.9 Å². The SMILES string of the molecule is C=C(C)COc1ccc2c(c1)O/C(=C/c1ccc(Br)cc1)C2=O. The Morgan fingerprint density at radius 2 is 2.00 bits per heavy atom. The molecule has 0 unspecified atom stereocenters. The number of hydrogen-bond acceptors (Lipinski definition) is 3. The molecule has 1 heterocycles. The van der Waals surface area contributed by atoms with E-state index >= 15 is 0 Å². The summed E-state index contributed by atoms with van der Waals surface area (Å²) < 4.78 is 12.3. The highest BCUT2D eigenvalue weighted by molar-refractivity contribution is 9.10. The van der Waals surface area contributed by atoms with Gasteiger partial charge >= 0.3 is 0 Å². The van der Waals surface area contributed by atoms with E-state index in [0.29, 0.717) is 29.4 Å². The van der Waals surface area contributed by atoms with E-state index in [1.54, 1.807) is 24.3 Å². The fourth-order valence-corrected chi connectivity index (χ4v) is 2.44. The summed E-state index contributed by atoms with van der Waals surface area (Å²) in [6.45, 7) is 6.13. The van der Waals surface area contributed by atoms with Crippen LogP contribution in [0.15, 0.2) is 64.8 Å². The van der Waals surface area contributed by atoms with Crippen LogP contribution in [0.2, 0.25) is 0 Å². The van der Waals surface area contributed by atoms with Gasteiger partial charge in [-0.15, -0.1) is 0 Å². The molecule has 0 amide bonds. The van der Waals surface area contributed by atoms with Crippen LogP contribution in [0.25, 0.3) is 6.08 Å². The summed E-state index contributed by atoms with van der Waals surface area (Å²) >= 11 is 3.39. The lowest BCUT2D eigenvalue weighted by atomic mass is 10.1. The number of carbonyl (C=O) groups is 1. The van der Waals surface area contributed by atoms with E-state index in [4.69, 9.17) is 9.47 Å². The van der Waals surface area contributed by atoms with E-state index in [-0.39, 0.29) is 5.78 Å². The van der Waals surface area contributed by atoms with Crippen LogP contribution in [-0.4, -0.2) is 12.4 Å². The third-order valence-electron chi connectivity index (χ3n) is 3.29. The molecule has 2 aromatic rings. The zero-order chi connectivity index (χ0) is 16.4. The predicted octanol–water partition coefficient (Wildman–Crippen LogP) is 5.02. The van der Waals surface area contributed by atoms with Gasteiger partial charge in [-0.05, 0) is 48.4 Å². The summed E-state index contributed by atoms with van der Waals surface area (Å²) in [6.07, 6.45) is 1.74. The van der Waals surface area contributed by atoms with Gasteiger partial charge in [0.1, 0.15) is 18.1 Å². The number of halogens is 1. The second-order valence-corrected chi connectivity index (χ2v) is 6.31. The summed E-state index contributed by atoms with van der Waals surface area (Å²) in [5.41, 5.74) is 2.39. The number of carbonyl (C=O) groups excluding carboxylic acids is 1. The molecular formula is C19H15BrO3. The van der Waals surface area contributed by atoms with Gasteiger partial charge in [0.05, 0.1) is 5.56 Å². The normalized spacial score (nSPS) is 14.5. The smallest absolute Gasteiger partial charge is 0.231 e. The number of hydrogen-bond donors (Lipinski definition) is 0. The maximum atomic E-state index is 12.4. The summed E-state index contributed by atoms with van der Waals surface area (Å²) in [6, 6.07) is 12.9. The van der Waals surface area contributed by atoms with Crippen LogP contribution in [0.5, 0.6) is 11.5 Å². The second kappa shape index (κ2) is 6.42. The maximum absolute atomic E-state index is 12.4. The van der Waals surface area contributed by atoms with Crippen LogP contribution < -0.4 is 9.47 Å². The molecule has 0 saturated heterocycles. The molecule has 0 radical (unpaired) electrons. The Kier molecular flexibility index (Phi) is 4.35. The lowest BCUT2D eigenvalue weighted by Crippen LogP contribution is -1.98. The van der Waals surface area contributed by atoms with Crippen LogP contribution in [0.3, 0.4) is 0 Å². The molecule has 1 aliphatic rings. The van der Waals surface area contributed by atoms with Crippen LogP contribution in [0, 0.1) is 0 Å². The highest BCUT2D eigenvalue weighted by atomic mass is 79.9. The van der Waals surface area contributed by atoms with Gasteiger partial charge in [-0.2, -0.15) is 0 Å². The van der Waals surface area contributed by atoms with Gasteiger partial charge < -0.3 is 9.47 Å². The van der Waals surface area contributed by atoms with Crippen molar-refractivity contribution in [3.05, 3.63) is 76.0 Å². The molecule has 1 aliphatic heterocycles. The molecule has 0 aliphatic carbocycles. The molecule has 4 heteroatoms. The zero-order valence-electron chi connectivity index (χ0n) is 12.6. The van der Waals surface area contributed by atoms with Crippen molar-refractivity contribution in [1.82, 2.24) is 0 Å². The van der Waals surface area contributed by atoms with Crippen molar-refractivity contribution < 1.29 is 14.3 Å². The van der Waals surface area contributed by atoms with Crippen molar-refractivity contribution in [2.45, 2.75) is 6.92 Å². The summed E-state index contributed by atoms with van der Waals surface area (Å²) in [5, 5.41) is 0. The van der Waals surface area contributed by atoms with Crippen molar-refractivity contribution in [1.29, 1.82) is 0 Å². The van der Waals surface area contributed by atoms with Gasteiger partial charge in [-0.3, -0.25) is 4.79 Å². The molecule has 23 heavy (non-hydrogen) atoms. The molecule has 0 bridgehead atoms. The van der Waals surface area contributed by atoms with Crippen LogP contribution in [0.4, 0.5) is 0 Å². The fourth-order valence-electron chi connectivity index (χ4n) is 2.17. The first kappa shape index (κ1) is 15.6. The van der Waals surface area contributed by atoms with Gasteiger partial charge in [0.15, 0.2) is 5.76 Å². The Hall–Kier alpha value is -2.33. The Balaban J connectivity index is 1.83. The molecule has 0 atom stereocenters. The maximum Gasteiger partial charge on any atom is 0.231 e. The highest BCUT2D eigenvalue weighted by Crippen LogP contribution is 2.35. The van der Waals surface area contributed by atoms with E-state index < -0.39 is 0 Å². The number of rotatable bonds is 4. The van der Waals surface area contributed by atoms with E-state index in [0.717, 1.165) is 15.6 Å². The number of allylic oxidation sites excluding steroid dienone is 1. The van der Waals surface area contributed by atoms with Gasteiger partial charge in [0.25, 0.3) is 0 Å². The molecule has 0 aromatic heterocycles. The van der Waals surface area contributed by atoms with Crippen LogP contribution in [-0.2, 0) is 0 Å². The number of fused-ring (bicyclic) bond motifs is 1. The minimum absolute atomic E-state index is 0.116. The first-order valence-corrected chi connectivity index (χ1v) is 7.93. The quantitative estimate of drug-likeness (QED) is 0.559. The van der Waals surface area contributed by atoms with Crippen molar-refractivity contribution in [3.63, 3.8) is 0 Å². The Bertz CT molecular complexity index is 804. The number of ketones is 1.